The lowest BCUT2D eigenvalue weighted by Crippen LogP contribution is -2.61. The molecule has 0 heterocycles. The van der Waals surface area contributed by atoms with Crippen LogP contribution in [0.2, 0.25) is 0 Å². The quantitative estimate of drug-likeness (QED) is 0.556. The largest absolute Gasteiger partial charge is 0.481 e. The van der Waals surface area contributed by atoms with Crippen LogP contribution in [0.25, 0.3) is 0 Å². The van der Waals surface area contributed by atoms with E-state index in [9.17, 15) is 9.90 Å². The Labute approximate surface area is 91.0 Å². The maximum atomic E-state index is 11.2. The zero-order chi connectivity index (χ0) is 11.3. The van der Waals surface area contributed by atoms with Crippen LogP contribution in [-0.4, -0.2) is 42.2 Å². The first kappa shape index (κ1) is 10.7. The number of hydrogen-bond acceptors (Lipinski definition) is 1. The van der Waals surface area contributed by atoms with Crippen LogP contribution in [0.1, 0.15) is 25.7 Å². The highest BCUT2D eigenvalue weighted by Crippen LogP contribution is 2.51. The molecule has 2 bridgehead atoms. The van der Waals surface area contributed by atoms with Crippen molar-refractivity contribution in [1.82, 2.24) is 0 Å². The van der Waals surface area contributed by atoms with Gasteiger partial charge in [-0.3, -0.25) is 4.79 Å². The third-order valence-corrected chi connectivity index (χ3v) is 4.48. The molecule has 0 aromatic heterocycles. The van der Waals surface area contributed by atoms with Gasteiger partial charge in [0.15, 0.2) is 0 Å². The number of aliphatic carboxylic acids is 1. The molecule has 3 heteroatoms. The summed E-state index contributed by atoms with van der Waals surface area (Å²) in [7, 11) is 6.59. The fraction of sp³-hybridized carbons (Fsp3) is 0.750. The maximum Gasteiger partial charge on any atom is 0.313 e. The van der Waals surface area contributed by atoms with Gasteiger partial charge in [-0.15, -0.1) is 0 Å². The van der Waals surface area contributed by atoms with Crippen molar-refractivity contribution in [3.63, 3.8) is 0 Å². The number of nitrogens with zero attached hydrogens (tertiary/aromatic N) is 1. The molecule has 3 aliphatic carbocycles. The minimum Gasteiger partial charge on any atom is -0.481 e. The SMILES string of the molecule is C[N+](C)(C)C12C=CC(C(=O)O)(CC1)CC2. The van der Waals surface area contributed by atoms with Crippen molar-refractivity contribution in [2.24, 2.45) is 5.41 Å². The van der Waals surface area contributed by atoms with Crippen molar-refractivity contribution in [3.8, 4) is 0 Å². The highest BCUT2D eigenvalue weighted by molar-refractivity contribution is 5.78. The lowest BCUT2D eigenvalue weighted by atomic mass is 9.61. The molecule has 0 unspecified atom stereocenters. The second-order valence-corrected chi connectivity index (χ2v) is 5.91. The Morgan fingerprint density at radius 2 is 1.67 bits per heavy atom. The Morgan fingerprint density at radius 1 is 1.13 bits per heavy atom. The van der Waals surface area contributed by atoms with Crippen molar-refractivity contribution in [2.75, 3.05) is 21.1 Å². The summed E-state index contributed by atoms with van der Waals surface area (Å²) in [5.41, 5.74) is -0.367. The van der Waals surface area contributed by atoms with Crippen LogP contribution < -0.4 is 0 Å². The van der Waals surface area contributed by atoms with Gasteiger partial charge in [0.05, 0.1) is 26.6 Å². The monoisotopic (exact) mass is 210 g/mol. The highest BCUT2D eigenvalue weighted by atomic mass is 16.4. The molecule has 3 rings (SSSR count). The van der Waals surface area contributed by atoms with E-state index in [0.29, 0.717) is 0 Å². The van der Waals surface area contributed by atoms with Gasteiger partial charge in [0.2, 0.25) is 0 Å². The summed E-state index contributed by atoms with van der Waals surface area (Å²) in [6.45, 7) is 0. The summed E-state index contributed by atoms with van der Waals surface area (Å²) >= 11 is 0. The first-order valence-electron chi connectivity index (χ1n) is 5.57. The third kappa shape index (κ3) is 1.33. The Bertz CT molecular complexity index is 317. The Kier molecular flexibility index (Phi) is 2.03. The van der Waals surface area contributed by atoms with Gasteiger partial charge in [0.1, 0.15) is 5.54 Å². The molecular formula is C12H20NO2+. The van der Waals surface area contributed by atoms with E-state index in [2.05, 4.69) is 27.2 Å². The molecule has 84 valence electrons. The third-order valence-electron chi connectivity index (χ3n) is 4.48. The van der Waals surface area contributed by atoms with Gasteiger partial charge in [0.25, 0.3) is 0 Å². The van der Waals surface area contributed by atoms with Crippen molar-refractivity contribution in [2.45, 2.75) is 31.2 Å². The van der Waals surface area contributed by atoms with E-state index in [0.717, 1.165) is 30.2 Å². The number of quaternary nitrogens is 1. The molecule has 0 spiro atoms. The normalized spacial score (nSPS) is 39.4. The average Bonchev–Trinajstić information content (AvgIpc) is 2.19. The first-order valence-corrected chi connectivity index (χ1v) is 5.57. The second-order valence-electron chi connectivity index (χ2n) is 5.91. The number of rotatable bonds is 2. The summed E-state index contributed by atoms with van der Waals surface area (Å²) in [4.78, 5) is 11.2. The molecule has 0 aliphatic heterocycles. The van der Waals surface area contributed by atoms with Crippen molar-refractivity contribution < 1.29 is 14.4 Å². The van der Waals surface area contributed by atoms with Crippen LogP contribution in [0.4, 0.5) is 0 Å². The van der Waals surface area contributed by atoms with E-state index < -0.39 is 11.4 Å². The lowest BCUT2D eigenvalue weighted by Gasteiger charge is -2.53. The van der Waals surface area contributed by atoms with Crippen molar-refractivity contribution in [1.29, 1.82) is 0 Å². The van der Waals surface area contributed by atoms with E-state index in [4.69, 9.17) is 0 Å². The molecule has 0 aromatic rings. The van der Waals surface area contributed by atoms with Gasteiger partial charge in [-0.05, 0) is 18.9 Å². The molecule has 1 saturated carbocycles. The van der Waals surface area contributed by atoms with E-state index in [1.54, 1.807) is 0 Å². The predicted molar refractivity (Wildman–Crippen MR) is 58.4 cm³/mol. The van der Waals surface area contributed by atoms with E-state index in [1.807, 2.05) is 6.08 Å². The maximum absolute atomic E-state index is 11.2. The van der Waals surface area contributed by atoms with E-state index in [1.165, 1.54) is 0 Å². The number of fused-ring (bicyclic) bond motifs is 2. The van der Waals surface area contributed by atoms with Crippen LogP contribution in [0.15, 0.2) is 12.2 Å². The summed E-state index contributed by atoms with van der Waals surface area (Å²) in [5.74, 6) is -0.645. The van der Waals surface area contributed by atoms with Gasteiger partial charge >= 0.3 is 5.97 Å². The molecule has 3 aliphatic rings. The standard InChI is InChI=1S/C12H19NO2/c1-13(2,3)12-7-4-11(5-8-12,6-9-12)10(14)15/h4,7H,5-6,8-9H2,1-3H3/p+1. The fourth-order valence-corrected chi connectivity index (χ4v) is 2.96. The molecular weight excluding hydrogens is 190 g/mol. The molecule has 1 N–H and O–H groups in total. The molecule has 0 aromatic carbocycles. The first-order chi connectivity index (χ1) is 6.81. The highest BCUT2D eigenvalue weighted by Gasteiger charge is 2.54. The van der Waals surface area contributed by atoms with E-state index >= 15 is 0 Å². The average molecular weight is 210 g/mol. The smallest absolute Gasteiger partial charge is 0.313 e. The van der Waals surface area contributed by atoms with Crippen LogP contribution in [0.3, 0.4) is 0 Å². The van der Waals surface area contributed by atoms with Crippen molar-refractivity contribution in [3.05, 3.63) is 12.2 Å². The Hall–Kier alpha value is -0.830. The predicted octanol–water partition coefficient (Wildman–Crippen LogP) is 1.65. The van der Waals surface area contributed by atoms with Gasteiger partial charge in [-0.1, -0.05) is 6.08 Å². The Balaban J connectivity index is 2.35. The fourth-order valence-electron chi connectivity index (χ4n) is 2.96. The molecule has 15 heavy (non-hydrogen) atoms. The zero-order valence-electron chi connectivity index (χ0n) is 9.79. The summed E-state index contributed by atoms with van der Waals surface area (Å²) in [6.07, 6.45) is 7.71. The molecule has 0 saturated heterocycles. The number of hydrogen-bond donors (Lipinski definition) is 1. The van der Waals surface area contributed by atoms with Gasteiger partial charge < -0.3 is 9.59 Å². The lowest BCUT2D eigenvalue weighted by molar-refractivity contribution is -0.918. The molecule has 0 radical (unpaired) electrons. The van der Waals surface area contributed by atoms with Gasteiger partial charge in [-0.25, -0.2) is 0 Å². The number of likely N-dealkylation sites (N-methyl/N-ethyl adjacent to an activating group) is 1. The topological polar surface area (TPSA) is 37.3 Å². The van der Waals surface area contributed by atoms with Crippen LogP contribution in [0, 0.1) is 5.41 Å². The summed E-state index contributed by atoms with van der Waals surface area (Å²) in [5, 5.41) is 9.24. The second kappa shape index (κ2) is 2.85. The van der Waals surface area contributed by atoms with Gasteiger partial charge in [0, 0.05) is 12.8 Å². The van der Waals surface area contributed by atoms with Crippen LogP contribution in [-0.2, 0) is 4.79 Å². The zero-order valence-corrected chi connectivity index (χ0v) is 9.79. The van der Waals surface area contributed by atoms with Crippen molar-refractivity contribution >= 4 is 5.97 Å². The summed E-state index contributed by atoms with van der Waals surface area (Å²) < 4.78 is 0.902. The summed E-state index contributed by atoms with van der Waals surface area (Å²) in [6, 6.07) is 0. The number of carbonyl (C=O) groups is 1. The Morgan fingerprint density at radius 3 is 1.93 bits per heavy atom. The molecule has 0 amide bonds. The number of carboxylic acid groups (broad SMARTS) is 1. The molecule has 3 nitrogen and oxygen atoms in total. The van der Waals surface area contributed by atoms with Crippen LogP contribution in [0.5, 0.6) is 0 Å². The minimum absolute atomic E-state index is 0.178. The number of carboxylic acids is 1. The molecule has 1 fully saturated rings. The van der Waals surface area contributed by atoms with Gasteiger partial charge in [-0.2, -0.15) is 0 Å². The molecule has 0 atom stereocenters. The van der Waals surface area contributed by atoms with E-state index in [-0.39, 0.29) is 5.54 Å². The minimum atomic E-state index is -0.645. The van der Waals surface area contributed by atoms with Crippen LogP contribution >= 0.6 is 0 Å².